The van der Waals surface area contributed by atoms with Crippen LogP contribution >= 0.6 is 27.5 Å². The molecule has 1 aromatic carbocycles. The number of hydrogen-bond donors (Lipinski definition) is 1. The average molecular weight is 460 g/mol. The van der Waals surface area contributed by atoms with E-state index < -0.39 is 6.10 Å². The number of hydrogen-bond acceptors (Lipinski definition) is 3. The number of rotatable bonds is 6. The third-order valence-electron chi connectivity index (χ3n) is 5.09. The Kier molecular flexibility index (Phi) is 7.98. The van der Waals surface area contributed by atoms with E-state index in [1.807, 2.05) is 6.92 Å². The van der Waals surface area contributed by atoms with Crippen molar-refractivity contribution < 1.29 is 14.3 Å². The molecular weight excluding hydrogens is 432 g/mol. The fraction of sp³-hybridized carbons (Fsp3) is 0.600. The summed E-state index contributed by atoms with van der Waals surface area (Å²) in [5.41, 5.74) is 0. The number of ether oxygens (including phenoxy) is 1. The van der Waals surface area contributed by atoms with Gasteiger partial charge in [0.05, 0.1) is 4.47 Å². The highest BCUT2D eigenvalue weighted by Gasteiger charge is 2.30. The van der Waals surface area contributed by atoms with Gasteiger partial charge in [-0.1, -0.05) is 25.4 Å². The quantitative estimate of drug-likeness (QED) is 0.691. The minimum atomic E-state index is -0.603. The first kappa shape index (κ1) is 22.0. The van der Waals surface area contributed by atoms with Crippen molar-refractivity contribution in [2.75, 3.05) is 13.1 Å². The first-order chi connectivity index (χ1) is 12.7. The molecule has 150 valence electrons. The Morgan fingerprint density at radius 1 is 1.22 bits per heavy atom. The van der Waals surface area contributed by atoms with E-state index in [0.717, 1.165) is 0 Å². The monoisotopic (exact) mass is 458 g/mol. The molecule has 0 aromatic heterocycles. The summed E-state index contributed by atoms with van der Waals surface area (Å²) in [6, 6.07) is 5.35. The molecule has 7 heteroatoms. The van der Waals surface area contributed by atoms with Crippen LogP contribution in [0.5, 0.6) is 5.75 Å². The van der Waals surface area contributed by atoms with Crippen molar-refractivity contribution in [1.29, 1.82) is 0 Å². The van der Waals surface area contributed by atoms with Crippen LogP contribution in [0.3, 0.4) is 0 Å². The number of carbonyl (C=O) groups excluding carboxylic acids is 2. The van der Waals surface area contributed by atoms with Gasteiger partial charge in [-0.15, -0.1) is 0 Å². The highest BCUT2D eigenvalue weighted by molar-refractivity contribution is 9.10. The second-order valence-corrected chi connectivity index (χ2v) is 8.77. The van der Waals surface area contributed by atoms with Gasteiger partial charge in [0.15, 0.2) is 6.10 Å². The molecule has 2 unspecified atom stereocenters. The maximum Gasteiger partial charge on any atom is 0.263 e. The van der Waals surface area contributed by atoms with E-state index in [1.54, 1.807) is 30.0 Å². The van der Waals surface area contributed by atoms with Gasteiger partial charge in [-0.05, 0) is 66.7 Å². The molecule has 1 aliphatic rings. The molecule has 27 heavy (non-hydrogen) atoms. The zero-order valence-electron chi connectivity index (χ0n) is 16.3. The molecule has 0 bridgehead atoms. The summed E-state index contributed by atoms with van der Waals surface area (Å²) in [6.07, 6.45) is 0.758. The third kappa shape index (κ3) is 6.11. The normalized spacial score (nSPS) is 17.5. The van der Waals surface area contributed by atoms with E-state index in [-0.39, 0.29) is 23.8 Å². The topological polar surface area (TPSA) is 58.6 Å². The van der Waals surface area contributed by atoms with Crippen molar-refractivity contribution in [1.82, 2.24) is 10.2 Å². The number of carbonyl (C=O) groups is 2. The number of benzene rings is 1. The number of piperidine rings is 1. The van der Waals surface area contributed by atoms with Crippen LogP contribution in [0.4, 0.5) is 0 Å². The lowest BCUT2D eigenvalue weighted by atomic mass is 9.94. The van der Waals surface area contributed by atoms with E-state index in [9.17, 15) is 9.59 Å². The molecule has 5 nitrogen and oxygen atoms in total. The molecule has 0 saturated carbocycles. The van der Waals surface area contributed by atoms with Crippen LogP contribution in [-0.2, 0) is 9.59 Å². The van der Waals surface area contributed by atoms with E-state index in [1.165, 1.54) is 0 Å². The summed E-state index contributed by atoms with van der Waals surface area (Å²) in [5.74, 6) is 0.985. The summed E-state index contributed by atoms with van der Waals surface area (Å²) in [5, 5.41) is 3.67. The van der Waals surface area contributed by atoms with Crippen LogP contribution in [0, 0.1) is 11.8 Å². The molecule has 1 aromatic rings. The van der Waals surface area contributed by atoms with Crippen molar-refractivity contribution >= 4 is 39.3 Å². The zero-order chi connectivity index (χ0) is 20.1. The van der Waals surface area contributed by atoms with Gasteiger partial charge in [0.25, 0.3) is 5.91 Å². The maximum absolute atomic E-state index is 12.7. The Morgan fingerprint density at radius 2 is 1.85 bits per heavy atom. The number of nitrogens with one attached hydrogen (secondary N) is 1. The highest BCUT2D eigenvalue weighted by atomic mass is 79.9. The predicted molar refractivity (Wildman–Crippen MR) is 111 cm³/mol. The fourth-order valence-corrected chi connectivity index (χ4v) is 3.72. The lowest BCUT2D eigenvalue weighted by Crippen LogP contribution is -2.48. The van der Waals surface area contributed by atoms with Gasteiger partial charge in [-0.25, -0.2) is 0 Å². The number of nitrogens with zero attached hydrogens (tertiary/aromatic N) is 1. The van der Waals surface area contributed by atoms with Crippen molar-refractivity contribution in [2.24, 2.45) is 11.8 Å². The summed E-state index contributed by atoms with van der Waals surface area (Å²) in [6.45, 7) is 9.09. The molecule has 0 spiro atoms. The van der Waals surface area contributed by atoms with Gasteiger partial charge in [-0.2, -0.15) is 0 Å². The van der Waals surface area contributed by atoms with Gasteiger partial charge < -0.3 is 15.0 Å². The van der Waals surface area contributed by atoms with Gasteiger partial charge in [0, 0.05) is 30.1 Å². The van der Waals surface area contributed by atoms with E-state index in [4.69, 9.17) is 16.3 Å². The molecule has 1 fully saturated rings. The standard InChI is InChI=1S/C20H28BrClN2O3/c1-12(2)13(3)23-19(25)15-7-9-24(10-8-15)20(26)14(4)27-18-6-5-16(22)11-17(18)21/h5-6,11-15H,7-10H2,1-4H3,(H,23,25). The zero-order valence-corrected chi connectivity index (χ0v) is 18.6. The third-order valence-corrected chi connectivity index (χ3v) is 5.95. The molecule has 2 amide bonds. The maximum atomic E-state index is 12.7. The van der Waals surface area contributed by atoms with Crippen molar-refractivity contribution in [3.8, 4) is 5.75 Å². The molecule has 1 aliphatic heterocycles. The van der Waals surface area contributed by atoms with E-state index in [2.05, 4.69) is 35.1 Å². The van der Waals surface area contributed by atoms with Crippen LogP contribution in [0.15, 0.2) is 22.7 Å². The summed E-state index contributed by atoms with van der Waals surface area (Å²) in [7, 11) is 0. The molecule has 0 aliphatic carbocycles. The molecule has 2 atom stereocenters. The first-order valence-electron chi connectivity index (χ1n) is 9.40. The Balaban J connectivity index is 1.85. The Labute approximate surface area is 174 Å². The molecule has 1 heterocycles. The minimum absolute atomic E-state index is 0.0307. The fourth-order valence-electron chi connectivity index (χ4n) is 2.94. The Bertz CT molecular complexity index is 675. The van der Waals surface area contributed by atoms with Gasteiger partial charge in [0.2, 0.25) is 5.91 Å². The lowest BCUT2D eigenvalue weighted by molar-refractivity contribution is -0.141. The van der Waals surface area contributed by atoms with Crippen molar-refractivity contribution in [3.63, 3.8) is 0 Å². The summed E-state index contributed by atoms with van der Waals surface area (Å²) < 4.78 is 6.50. The second kappa shape index (κ2) is 9.78. The van der Waals surface area contributed by atoms with Gasteiger partial charge >= 0.3 is 0 Å². The molecule has 1 saturated heterocycles. The smallest absolute Gasteiger partial charge is 0.263 e. The molecular formula is C20H28BrClN2O3. The van der Waals surface area contributed by atoms with Gasteiger partial charge in [-0.3, -0.25) is 9.59 Å². The van der Waals surface area contributed by atoms with E-state index >= 15 is 0 Å². The highest BCUT2D eigenvalue weighted by Crippen LogP contribution is 2.29. The second-order valence-electron chi connectivity index (χ2n) is 7.48. The van der Waals surface area contributed by atoms with Crippen LogP contribution in [-0.4, -0.2) is 41.9 Å². The largest absolute Gasteiger partial charge is 0.480 e. The average Bonchev–Trinajstić information content (AvgIpc) is 2.63. The summed E-state index contributed by atoms with van der Waals surface area (Å²) >= 11 is 9.33. The molecule has 1 N–H and O–H groups in total. The minimum Gasteiger partial charge on any atom is -0.480 e. The molecule has 0 radical (unpaired) electrons. The lowest BCUT2D eigenvalue weighted by Gasteiger charge is -2.33. The SMILES string of the molecule is CC(Oc1ccc(Cl)cc1Br)C(=O)N1CCC(C(=O)NC(C)C(C)C)CC1. The first-order valence-corrected chi connectivity index (χ1v) is 10.6. The number of likely N-dealkylation sites (tertiary alicyclic amines) is 1. The van der Waals surface area contributed by atoms with Crippen molar-refractivity contribution in [2.45, 2.75) is 52.7 Å². The van der Waals surface area contributed by atoms with Crippen LogP contribution in [0.2, 0.25) is 5.02 Å². The Morgan fingerprint density at radius 3 is 2.41 bits per heavy atom. The van der Waals surface area contributed by atoms with Crippen LogP contribution in [0.1, 0.15) is 40.5 Å². The number of amides is 2. The van der Waals surface area contributed by atoms with E-state index in [0.29, 0.717) is 47.1 Å². The molecule has 2 rings (SSSR count). The Hall–Kier alpha value is -1.27. The summed E-state index contributed by atoms with van der Waals surface area (Å²) in [4.78, 5) is 26.8. The van der Waals surface area contributed by atoms with Crippen LogP contribution in [0.25, 0.3) is 0 Å². The van der Waals surface area contributed by atoms with Crippen molar-refractivity contribution in [3.05, 3.63) is 27.7 Å². The predicted octanol–water partition coefficient (Wildman–Crippen LogP) is 4.27. The van der Waals surface area contributed by atoms with Crippen LogP contribution < -0.4 is 10.1 Å². The van der Waals surface area contributed by atoms with Gasteiger partial charge in [0.1, 0.15) is 5.75 Å². The number of halogens is 2.